The normalized spacial score (nSPS) is 35.1. The van der Waals surface area contributed by atoms with E-state index in [4.69, 9.17) is 9.47 Å². The van der Waals surface area contributed by atoms with Crippen LogP contribution in [0.15, 0.2) is 0 Å². The van der Waals surface area contributed by atoms with E-state index >= 15 is 0 Å². The van der Waals surface area contributed by atoms with E-state index in [1.54, 1.807) is 0 Å². The van der Waals surface area contributed by atoms with E-state index in [2.05, 4.69) is 26.1 Å². The smallest absolute Gasteiger partial charge is 0.0666 e. The molecule has 2 aliphatic rings. The van der Waals surface area contributed by atoms with Crippen LogP contribution in [0, 0.1) is 11.8 Å². The Hall–Kier alpha value is -0.120. The van der Waals surface area contributed by atoms with E-state index in [0.29, 0.717) is 17.9 Å². The molecule has 0 spiro atoms. The van der Waals surface area contributed by atoms with Crippen molar-refractivity contribution in [1.29, 1.82) is 0 Å². The predicted octanol–water partition coefficient (Wildman–Crippen LogP) is 2.21. The Kier molecular flexibility index (Phi) is 4.45. The van der Waals surface area contributed by atoms with Crippen LogP contribution in [0.4, 0.5) is 0 Å². The first kappa shape index (κ1) is 13.3. The maximum absolute atomic E-state index is 5.95. The van der Waals surface area contributed by atoms with E-state index in [-0.39, 0.29) is 5.54 Å². The van der Waals surface area contributed by atoms with Crippen LogP contribution in [0.5, 0.6) is 0 Å². The third kappa shape index (κ3) is 3.94. The third-order valence-corrected chi connectivity index (χ3v) is 3.82. The van der Waals surface area contributed by atoms with Crippen molar-refractivity contribution in [2.75, 3.05) is 26.4 Å². The summed E-state index contributed by atoms with van der Waals surface area (Å²) in [6.45, 7) is 10.5. The Morgan fingerprint density at radius 1 is 1.18 bits per heavy atom. The van der Waals surface area contributed by atoms with Gasteiger partial charge in [-0.1, -0.05) is 0 Å². The lowest BCUT2D eigenvalue weighted by Crippen LogP contribution is -2.43. The van der Waals surface area contributed by atoms with Crippen molar-refractivity contribution in [3.8, 4) is 0 Å². The van der Waals surface area contributed by atoms with Gasteiger partial charge >= 0.3 is 0 Å². The third-order valence-electron chi connectivity index (χ3n) is 3.82. The molecule has 0 radical (unpaired) electrons. The molecular formula is C14H27NO2. The minimum Gasteiger partial charge on any atom is -0.381 e. The summed E-state index contributed by atoms with van der Waals surface area (Å²) in [5.41, 5.74) is 0.205. The van der Waals surface area contributed by atoms with Crippen LogP contribution in [-0.2, 0) is 9.47 Å². The lowest BCUT2D eigenvalue weighted by atomic mass is 9.86. The zero-order chi connectivity index (χ0) is 12.3. The SMILES string of the molecule is CC(C)(C)NCC1CCOC1C1CCCOC1. The molecule has 0 aromatic heterocycles. The lowest BCUT2D eigenvalue weighted by Gasteiger charge is -2.32. The summed E-state index contributed by atoms with van der Waals surface area (Å²) in [6.07, 6.45) is 4.09. The fourth-order valence-corrected chi connectivity index (χ4v) is 2.86. The van der Waals surface area contributed by atoms with Gasteiger partial charge in [-0.25, -0.2) is 0 Å². The number of nitrogens with one attached hydrogen (secondary N) is 1. The zero-order valence-electron chi connectivity index (χ0n) is 11.5. The minimum atomic E-state index is 0.205. The molecule has 3 unspecified atom stereocenters. The molecule has 0 saturated carbocycles. The van der Waals surface area contributed by atoms with Crippen molar-refractivity contribution in [2.45, 2.75) is 51.7 Å². The van der Waals surface area contributed by atoms with Gasteiger partial charge in [0.05, 0.1) is 12.7 Å². The first-order chi connectivity index (χ1) is 8.06. The Labute approximate surface area is 105 Å². The summed E-state index contributed by atoms with van der Waals surface area (Å²) < 4.78 is 11.5. The van der Waals surface area contributed by atoms with Crippen molar-refractivity contribution in [3.05, 3.63) is 0 Å². The fourth-order valence-electron chi connectivity index (χ4n) is 2.86. The predicted molar refractivity (Wildman–Crippen MR) is 69.1 cm³/mol. The topological polar surface area (TPSA) is 30.5 Å². The first-order valence-corrected chi connectivity index (χ1v) is 7.00. The largest absolute Gasteiger partial charge is 0.381 e. The van der Waals surface area contributed by atoms with E-state index in [0.717, 1.165) is 26.4 Å². The molecule has 2 saturated heterocycles. The molecule has 2 rings (SSSR count). The van der Waals surface area contributed by atoms with Crippen molar-refractivity contribution in [3.63, 3.8) is 0 Å². The molecule has 2 aliphatic heterocycles. The van der Waals surface area contributed by atoms with Crippen LogP contribution in [0.2, 0.25) is 0 Å². The highest BCUT2D eigenvalue weighted by Gasteiger charge is 2.35. The first-order valence-electron chi connectivity index (χ1n) is 7.00. The molecule has 3 nitrogen and oxygen atoms in total. The number of hydrogen-bond donors (Lipinski definition) is 1. The standard InChI is InChI=1S/C14H27NO2/c1-14(2,3)15-9-11-6-8-17-13(11)12-5-4-7-16-10-12/h11-13,15H,4-10H2,1-3H3. The molecule has 2 fully saturated rings. The van der Waals surface area contributed by atoms with Gasteiger partial charge in [0.1, 0.15) is 0 Å². The molecule has 0 aromatic carbocycles. The van der Waals surface area contributed by atoms with Crippen molar-refractivity contribution in [1.82, 2.24) is 5.32 Å². The average molecular weight is 241 g/mol. The quantitative estimate of drug-likeness (QED) is 0.822. The van der Waals surface area contributed by atoms with Gasteiger partial charge in [-0.05, 0) is 40.0 Å². The summed E-state index contributed by atoms with van der Waals surface area (Å²) in [5.74, 6) is 1.29. The fraction of sp³-hybridized carbons (Fsp3) is 1.00. The molecule has 0 aliphatic carbocycles. The van der Waals surface area contributed by atoms with Gasteiger partial charge in [0, 0.05) is 37.1 Å². The molecule has 2 heterocycles. The summed E-state index contributed by atoms with van der Waals surface area (Å²) >= 11 is 0. The molecule has 1 N–H and O–H groups in total. The molecule has 0 amide bonds. The summed E-state index contributed by atoms with van der Waals surface area (Å²) in [4.78, 5) is 0. The molecule has 17 heavy (non-hydrogen) atoms. The molecule has 100 valence electrons. The second kappa shape index (κ2) is 5.68. The lowest BCUT2D eigenvalue weighted by molar-refractivity contribution is -0.0340. The Bertz CT molecular complexity index is 231. The minimum absolute atomic E-state index is 0.205. The van der Waals surface area contributed by atoms with Gasteiger partial charge in [-0.3, -0.25) is 0 Å². The second-order valence-corrected chi connectivity index (χ2v) is 6.49. The van der Waals surface area contributed by atoms with Crippen LogP contribution in [0.25, 0.3) is 0 Å². The summed E-state index contributed by atoms with van der Waals surface area (Å²) in [6, 6.07) is 0. The maximum Gasteiger partial charge on any atom is 0.0666 e. The van der Waals surface area contributed by atoms with Gasteiger partial charge in [-0.2, -0.15) is 0 Å². The van der Waals surface area contributed by atoms with Crippen LogP contribution in [0.3, 0.4) is 0 Å². The van der Waals surface area contributed by atoms with Crippen molar-refractivity contribution < 1.29 is 9.47 Å². The van der Waals surface area contributed by atoms with Crippen LogP contribution < -0.4 is 5.32 Å². The van der Waals surface area contributed by atoms with Gasteiger partial charge in [0.25, 0.3) is 0 Å². The zero-order valence-corrected chi connectivity index (χ0v) is 11.5. The second-order valence-electron chi connectivity index (χ2n) is 6.49. The summed E-state index contributed by atoms with van der Waals surface area (Å²) in [5, 5.41) is 3.61. The van der Waals surface area contributed by atoms with Crippen LogP contribution in [0.1, 0.15) is 40.0 Å². The van der Waals surface area contributed by atoms with Gasteiger partial charge in [0.15, 0.2) is 0 Å². The maximum atomic E-state index is 5.95. The highest BCUT2D eigenvalue weighted by atomic mass is 16.5. The molecule has 3 heteroatoms. The molecule has 0 bridgehead atoms. The van der Waals surface area contributed by atoms with Crippen molar-refractivity contribution >= 4 is 0 Å². The Balaban J connectivity index is 1.83. The molecule has 0 aromatic rings. The van der Waals surface area contributed by atoms with Gasteiger partial charge < -0.3 is 14.8 Å². The number of hydrogen-bond acceptors (Lipinski definition) is 3. The van der Waals surface area contributed by atoms with Gasteiger partial charge in [-0.15, -0.1) is 0 Å². The number of rotatable bonds is 3. The molecule has 3 atom stereocenters. The van der Waals surface area contributed by atoms with E-state index in [1.807, 2.05) is 0 Å². The number of ether oxygens (including phenoxy) is 2. The average Bonchev–Trinajstić information content (AvgIpc) is 2.75. The van der Waals surface area contributed by atoms with E-state index in [9.17, 15) is 0 Å². The monoisotopic (exact) mass is 241 g/mol. The summed E-state index contributed by atoms with van der Waals surface area (Å²) in [7, 11) is 0. The van der Waals surface area contributed by atoms with Crippen LogP contribution in [-0.4, -0.2) is 38.0 Å². The van der Waals surface area contributed by atoms with Crippen LogP contribution >= 0.6 is 0 Å². The molecular weight excluding hydrogens is 214 g/mol. The Morgan fingerprint density at radius 2 is 2.00 bits per heavy atom. The van der Waals surface area contributed by atoms with Gasteiger partial charge in [0.2, 0.25) is 0 Å². The van der Waals surface area contributed by atoms with E-state index < -0.39 is 0 Å². The highest BCUT2D eigenvalue weighted by molar-refractivity contribution is 4.86. The van der Waals surface area contributed by atoms with E-state index in [1.165, 1.54) is 19.3 Å². The van der Waals surface area contributed by atoms with Crippen molar-refractivity contribution in [2.24, 2.45) is 11.8 Å². The highest BCUT2D eigenvalue weighted by Crippen LogP contribution is 2.31. The Morgan fingerprint density at radius 3 is 2.65 bits per heavy atom.